The van der Waals surface area contributed by atoms with Crippen molar-refractivity contribution in [3.8, 4) is 0 Å². The Morgan fingerprint density at radius 3 is 2.29 bits per heavy atom. The van der Waals surface area contributed by atoms with Gasteiger partial charge in [-0.05, 0) is 26.7 Å². The second-order valence-corrected chi connectivity index (χ2v) is 4.07. The first-order valence-corrected chi connectivity index (χ1v) is 6.42. The van der Waals surface area contributed by atoms with Crippen molar-refractivity contribution in [2.75, 3.05) is 19.9 Å². The Hall–Kier alpha value is -0.450. The molecule has 0 fully saturated rings. The van der Waals surface area contributed by atoms with Crippen LogP contribution in [0.3, 0.4) is 0 Å². The standard InChI is InChI=1S/C12H27NO2.CH2O/c1-5-7-12(6-2)13-10-14-8-9-15-11(3)4;1-2/h11-13H,5-10H2,1-4H3;1H2. The van der Waals surface area contributed by atoms with Crippen LogP contribution in [0.2, 0.25) is 0 Å². The first kappa shape index (κ1) is 18.9. The van der Waals surface area contributed by atoms with Gasteiger partial charge in [0.05, 0.1) is 26.0 Å². The minimum absolute atomic E-state index is 0.296. The number of nitrogens with one attached hydrogen (secondary N) is 1. The van der Waals surface area contributed by atoms with Gasteiger partial charge in [-0.15, -0.1) is 0 Å². The van der Waals surface area contributed by atoms with Crippen LogP contribution in [-0.2, 0) is 14.3 Å². The maximum absolute atomic E-state index is 8.00. The zero-order valence-electron chi connectivity index (χ0n) is 11.8. The molecule has 17 heavy (non-hydrogen) atoms. The SMILES string of the molecule is C=O.CCCC(CC)NCOCCOC(C)C. The molecule has 0 aliphatic carbocycles. The van der Waals surface area contributed by atoms with Gasteiger partial charge in [-0.25, -0.2) is 0 Å². The summed E-state index contributed by atoms with van der Waals surface area (Å²) in [6, 6.07) is 0.598. The molecule has 0 bridgehead atoms. The van der Waals surface area contributed by atoms with Gasteiger partial charge < -0.3 is 14.3 Å². The Morgan fingerprint density at radius 1 is 1.18 bits per heavy atom. The van der Waals surface area contributed by atoms with E-state index in [4.69, 9.17) is 14.3 Å². The molecule has 104 valence electrons. The van der Waals surface area contributed by atoms with E-state index < -0.39 is 0 Å². The average molecular weight is 247 g/mol. The van der Waals surface area contributed by atoms with Crippen molar-refractivity contribution in [2.45, 2.75) is 59.1 Å². The molecule has 4 nitrogen and oxygen atoms in total. The summed E-state index contributed by atoms with van der Waals surface area (Å²) in [7, 11) is 0. The number of carbonyl (C=O) groups is 1. The molecule has 1 atom stereocenters. The fraction of sp³-hybridized carbons (Fsp3) is 0.923. The van der Waals surface area contributed by atoms with Crippen molar-refractivity contribution in [2.24, 2.45) is 0 Å². The summed E-state index contributed by atoms with van der Waals surface area (Å²) in [5, 5.41) is 3.38. The van der Waals surface area contributed by atoms with E-state index in [1.165, 1.54) is 19.3 Å². The lowest BCUT2D eigenvalue weighted by molar-refractivity contribution is -0.0979. The number of ether oxygens (including phenoxy) is 2. The van der Waals surface area contributed by atoms with Gasteiger partial charge in [-0.2, -0.15) is 0 Å². The van der Waals surface area contributed by atoms with Crippen LogP contribution in [0.25, 0.3) is 0 Å². The molecule has 0 rings (SSSR count). The average Bonchev–Trinajstić information content (AvgIpc) is 2.34. The van der Waals surface area contributed by atoms with Crippen LogP contribution in [0.5, 0.6) is 0 Å². The van der Waals surface area contributed by atoms with Crippen molar-refractivity contribution in [1.29, 1.82) is 0 Å². The minimum Gasteiger partial charge on any atom is -0.376 e. The molecule has 0 aromatic rings. The Balaban J connectivity index is 0. The van der Waals surface area contributed by atoms with Crippen molar-refractivity contribution in [3.63, 3.8) is 0 Å². The summed E-state index contributed by atoms with van der Waals surface area (Å²) in [6.45, 7) is 12.5. The molecule has 0 amide bonds. The molecular weight excluding hydrogens is 218 g/mol. The molecule has 0 heterocycles. The molecule has 1 N–H and O–H groups in total. The highest BCUT2D eigenvalue weighted by Gasteiger charge is 2.02. The van der Waals surface area contributed by atoms with Crippen LogP contribution in [0.4, 0.5) is 0 Å². The van der Waals surface area contributed by atoms with Crippen LogP contribution >= 0.6 is 0 Å². The van der Waals surface area contributed by atoms with Crippen LogP contribution in [0, 0.1) is 0 Å². The summed E-state index contributed by atoms with van der Waals surface area (Å²) in [4.78, 5) is 8.00. The van der Waals surface area contributed by atoms with Gasteiger partial charge in [0.1, 0.15) is 6.79 Å². The Kier molecular flexibility index (Phi) is 17.3. The first-order valence-electron chi connectivity index (χ1n) is 6.42. The third kappa shape index (κ3) is 15.5. The molecule has 0 spiro atoms. The quantitative estimate of drug-likeness (QED) is 0.475. The molecule has 0 aliphatic rings. The van der Waals surface area contributed by atoms with Gasteiger partial charge in [-0.1, -0.05) is 20.3 Å². The molecule has 0 radical (unpaired) electrons. The molecule has 0 saturated heterocycles. The lowest BCUT2D eigenvalue weighted by Crippen LogP contribution is -2.31. The van der Waals surface area contributed by atoms with E-state index in [9.17, 15) is 0 Å². The predicted octanol–water partition coefficient (Wildman–Crippen LogP) is 2.37. The molecule has 0 aromatic heterocycles. The van der Waals surface area contributed by atoms with E-state index >= 15 is 0 Å². The lowest BCUT2D eigenvalue weighted by Gasteiger charge is -2.16. The van der Waals surface area contributed by atoms with E-state index in [0.717, 1.165) is 0 Å². The van der Waals surface area contributed by atoms with Crippen molar-refractivity contribution in [3.05, 3.63) is 0 Å². The minimum atomic E-state index is 0.296. The summed E-state index contributed by atoms with van der Waals surface area (Å²) in [6.07, 6.45) is 3.91. The topological polar surface area (TPSA) is 47.6 Å². The number of rotatable bonds is 10. The summed E-state index contributed by atoms with van der Waals surface area (Å²) >= 11 is 0. The molecular formula is C13H29NO3. The Morgan fingerprint density at radius 2 is 1.82 bits per heavy atom. The highest BCUT2D eigenvalue weighted by atomic mass is 16.5. The third-order valence-corrected chi connectivity index (χ3v) is 2.28. The van der Waals surface area contributed by atoms with Gasteiger partial charge in [0, 0.05) is 6.04 Å². The van der Waals surface area contributed by atoms with Gasteiger partial charge >= 0.3 is 0 Å². The van der Waals surface area contributed by atoms with Crippen LogP contribution in [0.1, 0.15) is 47.0 Å². The van der Waals surface area contributed by atoms with E-state index in [1.54, 1.807) is 0 Å². The molecule has 4 heteroatoms. The monoisotopic (exact) mass is 247 g/mol. The highest BCUT2D eigenvalue weighted by Crippen LogP contribution is 2.00. The van der Waals surface area contributed by atoms with Gasteiger partial charge in [0.2, 0.25) is 0 Å². The zero-order valence-corrected chi connectivity index (χ0v) is 11.8. The summed E-state index contributed by atoms with van der Waals surface area (Å²) < 4.78 is 10.8. The maximum Gasteiger partial charge on any atom is 0.106 e. The van der Waals surface area contributed by atoms with Gasteiger partial charge in [0.25, 0.3) is 0 Å². The molecule has 0 aromatic carbocycles. The van der Waals surface area contributed by atoms with Crippen molar-refractivity contribution < 1.29 is 14.3 Å². The zero-order chi connectivity index (χ0) is 13.5. The largest absolute Gasteiger partial charge is 0.376 e. The van der Waals surface area contributed by atoms with Crippen LogP contribution in [-0.4, -0.2) is 38.9 Å². The summed E-state index contributed by atoms with van der Waals surface area (Å²) in [5.74, 6) is 0. The molecule has 0 saturated carbocycles. The number of carbonyl (C=O) groups excluding carboxylic acids is 1. The normalized spacial score (nSPS) is 12.1. The molecule has 0 aliphatic heterocycles. The van der Waals surface area contributed by atoms with Crippen molar-refractivity contribution >= 4 is 6.79 Å². The number of hydrogen-bond donors (Lipinski definition) is 1. The summed E-state index contributed by atoms with van der Waals surface area (Å²) in [5.41, 5.74) is 0. The van der Waals surface area contributed by atoms with E-state index in [-0.39, 0.29) is 0 Å². The third-order valence-electron chi connectivity index (χ3n) is 2.28. The Labute approximate surface area is 106 Å². The second-order valence-electron chi connectivity index (χ2n) is 4.07. The number of hydrogen-bond acceptors (Lipinski definition) is 4. The first-order chi connectivity index (χ1) is 8.20. The Bertz CT molecular complexity index is 143. The van der Waals surface area contributed by atoms with E-state index in [2.05, 4.69) is 19.2 Å². The van der Waals surface area contributed by atoms with Gasteiger partial charge in [0.15, 0.2) is 0 Å². The van der Waals surface area contributed by atoms with Gasteiger partial charge in [-0.3, -0.25) is 5.32 Å². The van der Waals surface area contributed by atoms with Crippen LogP contribution in [0.15, 0.2) is 0 Å². The van der Waals surface area contributed by atoms with Crippen molar-refractivity contribution in [1.82, 2.24) is 5.32 Å². The van der Waals surface area contributed by atoms with E-state index in [1.807, 2.05) is 20.6 Å². The fourth-order valence-electron chi connectivity index (χ4n) is 1.39. The maximum atomic E-state index is 8.00. The fourth-order valence-corrected chi connectivity index (χ4v) is 1.39. The lowest BCUT2D eigenvalue weighted by atomic mass is 10.1. The van der Waals surface area contributed by atoms with Crippen LogP contribution < -0.4 is 5.32 Å². The highest BCUT2D eigenvalue weighted by molar-refractivity contribution is 5.10. The second kappa shape index (κ2) is 15.6. The smallest absolute Gasteiger partial charge is 0.106 e. The predicted molar refractivity (Wildman–Crippen MR) is 71.2 cm³/mol. The van der Waals surface area contributed by atoms with E-state index in [0.29, 0.717) is 32.1 Å². The molecule has 1 unspecified atom stereocenters.